The molecule has 8 heteroatoms. The van der Waals surface area contributed by atoms with Crippen LogP contribution in [0.1, 0.15) is 34.6 Å². The van der Waals surface area contributed by atoms with Crippen molar-refractivity contribution in [3.63, 3.8) is 0 Å². The molecule has 0 unspecified atom stereocenters. The minimum Gasteiger partial charge on any atom is -0.493 e. The van der Waals surface area contributed by atoms with Crippen molar-refractivity contribution in [3.8, 4) is 23.0 Å². The molecule has 0 saturated carbocycles. The lowest BCUT2D eigenvalue weighted by molar-refractivity contribution is 0.101. The second-order valence-corrected chi connectivity index (χ2v) is 8.44. The average Bonchev–Trinajstić information content (AvgIpc) is 2.92. The number of carbonyl (C=O) groups is 2. The summed E-state index contributed by atoms with van der Waals surface area (Å²) < 4.78 is 17.4. The Hall–Kier alpha value is -4.49. The topological polar surface area (TPSA) is 85.9 Å². The number of carbonyl (C=O) groups excluding carboxylic acids is 2. The van der Waals surface area contributed by atoms with Crippen molar-refractivity contribution in [3.05, 3.63) is 107 Å². The summed E-state index contributed by atoms with van der Waals surface area (Å²) in [4.78, 5) is 26.2. The van der Waals surface area contributed by atoms with Gasteiger partial charge in [0.15, 0.2) is 11.5 Å². The van der Waals surface area contributed by atoms with Gasteiger partial charge in [0.05, 0.1) is 35.7 Å². The van der Waals surface area contributed by atoms with E-state index < -0.39 is 0 Å². The van der Waals surface area contributed by atoms with E-state index in [9.17, 15) is 9.59 Å². The van der Waals surface area contributed by atoms with E-state index in [4.69, 9.17) is 25.8 Å². The van der Waals surface area contributed by atoms with Crippen LogP contribution in [0, 0.1) is 0 Å². The zero-order valence-electron chi connectivity index (χ0n) is 21.0. The lowest BCUT2D eigenvalue weighted by Gasteiger charge is -2.17. The molecule has 2 amide bonds. The Morgan fingerprint density at radius 1 is 0.632 bits per heavy atom. The van der Waals surface area contributed by atoms with Crippen LogP contribution in [0.15, 0.2) is 91.0 Å². The summed E-state index contributed by atoms with van der Waals surface area (Å²) in [6.07, 6.45) is 0. The zero-order chi connectivity index (χ0) is 26.9. The van der Waals surface area contributed by atoms with E-state index in [1.54, 1.807) is 84.9 Å². The third-order valence-corrected chi connectivity index (χ3v) is 5.64. The number of ether oxygens (including phenoxy) is 3. The van der Waals surface area contributed by atoms with Crippen molar-refractivity contribution in [2.75, 3.05) is 23.8 Å². The first kappa shape index (κ1) is 26.6. The number of halogens is 1. The van der Waals surface area contributed by atoms with Crippen molar-refractivity contribution in [2.45, 2.75) is 13.8 Å². The van der Waals surface area contributed by atoms with Gasteiger partial charge in [-0.1, -0.05) is 48.0 Å². The highest BCUT2D eigenvalue weighted by Gasteiger charge is 2.18. The highest BCUT2D eigenvalue weighted by atomic mass is 35.5. The predicted octanol–water partition coefficient (Wildman–Crippen LogP) is 7.43. The highest BCUT2D eigenvalue weighted by molar-refractivity contribution is 6.31. The molecule has 194 valence electrons. The van der Waals surface area contributed by atoms with Crippen LogP contribution >= 0.6 is 11.6 Å². The summed E-state index contributed by atoms with van der Waals surface area (Å²) >= 11 is 6.24. The molecule has 0 heterocycles. The lowest BCUT2D eigenvalue weighted by atomic mass is 10.1. The molecule has 0 atom stereocenters. The summed E-state index contributed by atoms with van der Waals surface area (Å²) in [7, 11) is 0. The maximum Gasteiger partial charge on any atom is 0.259 e. The van der Waals surface area contributed by atoms with E-state index >= 15 is 0 Å². The minimum absolute atomic E-state index is 0.341. The molecule has 0 radical (unpaired) electrons. The molecule has 0 aliphatic rings. The smallest absolute Gasteiger partial charge is 0.259 e. The molecule has 0 spiro atoms. The van der Waals surface area contributed by atoms with Crippen LogP contribution in [-0.4, -0.2) is 25.0 Å². The van der Waals surface area contributed by atoms with Crippen molar-refractivity contribution in [2.24, 2.45) is 0 Å². The first-order valence-electron chi connectivity index (χ1n) is 12.1. The molecule has 0 aliphatic carbocycles. The number of nitrogens with one attached hydrogen (secondary N) is 2. The Balaban J connectivity index is 1.59. The van der Waals surface area contributed by atoms with Gasteiger partial charge in [0.2, 0.25) is 0 Å². The molecule has 7 nitrogen and oxygen atoms in total. The summed E-state index contributed by atoms with van der Waals surface area (Å²) in [6.45, 7) is 4.57. The van der Waals surface area contributed by atoms with Gasteiger partial charge in [0, 0.05) is 5.02 Å². The molecule has 0 bridgehead atoms. The quantitative estimate of drug-likeness (QED) is 0.222. The van der Waals surface area contributed by atoms with Crippen molar-refractivity contribution in [1.29, 1.82) is 0 Å². The van der Waals surface area contributed by atoms with Crippen LogP contribution in [0.2, 0.25) is 5.02 Å². The molecule has 0 aliphatic heterocycles. The van der Waals surface area contributed by atoms with Crippen LogP contribution in [0.4, 0.5) is 11.4 Å². The molecular formula is C30H27ClN2O5. The van der Waals surface area contributed by atoms with Crippen LogP contribution in [0.5, 0.6) is 23.0 Å². The lowest BCUT2D eigenvalue weighted by Crippen LogP contribution is -2.15. The molecule has 4 aromatic rings. The van der Waals surface area contributed by atoms with E-state index in [-0.39, 0.29) is 11.8 Å². The molecule has 0 saturated heterocycles. The molecule has 0 aromatic heterocycles. The summed E-state index contributed by atoms with van der Waals surface area (Å²) in [5.41, 5.74) is 1.58. The summed E-state index contributed by atoms with van der Waals surface area (Å²) in [6, 6.07) is 25.9. The monoisotopic (exact) mass is 530 g/mol. The second kappa shape index (κ2) is 12.7. The minimum atomic E-state index is -0.379. The maximum atomic E-state index is 13.1. The number of anilines is 2. The molecule has 2 N–H and O–H groups in total. The Morgan fingerprint density at radius 3 is 1.68 bits per heavy atom. The van der Waals surface area contributed by atoms with E-state index in [1.807, 2.05) is 19.9 Å². The largest absolute Gasteiger partial charge is 0.493 e. The molecule has 38 heavy (non-hydrogen) atoms. The summed E-state index contributed by atoms with van der Waals surface area (Å²) in [5.74, 6) is 0.950. The van der Waals surface area contributed by atoms with E-state index in [2.05, 4.69) is 10.6 Å². The number of amides is 2. The Morgan fingerprint density at radius 2 is 1.11 bits per heavy atom. The fourth-order valence-corrected chi connectivity index (χ4v) is 3.89. The standard InChI is InChI=1S/C30H27ClN2O5/c1-3-36-25-14-8-5-11-21(25)29(34)32-23-13-7-10-16-27(23)38-28-18-17-20(31)19-24(28)33-30(35)22-12-6-9-15-26(22)37-4-2/h5-19H,3-4H2,1-2H3,(H,32,34)(H,33,35). The normalized spacial score (nSPS) is 10.4. The maximum absolute atomic E-state index is 13.1. The molecule has 4 rings (SSSR count). The van der Waals surface area contributed by atoms with Gasteiger partial charge in [-0.15, -0.1) is 0 Å². The number of para-hydroxylation sites is 4. The number of benzene rings is 4. The van der Waals surface area contributed by atoms with E-state index in [1.165, 1.54) is 0 Å². The summed E-state index contributed by atoms with van der Waals surface area (Å²) in [5, 5.41) is 6.17. The Kier molecular flexibility index (Phi) is 8.85. The van der Waals surface area contributed by atoms with Gasteiger partial charge < -0.3 is 24.8 Å². The van der Waals surface area contributed by atoms with Gasteiger partial charge in [0.25, 0.3) is 11.8 Å². The number of hydrogen-bond donors (Lipinski definition) is 2. The van der Waals surface area contributed by atoms with Crippen molar-refractivity contribution < 1.29 is 23.8 Å². The van der Waals surface area contributed by atoms with Crippen molar-refractivity contribution >= 4 is 34.8 Å². The number of hydrogen-bond acceptors (Lipinski definition) is 5. The Labute approximate surface area is 226 Å². The van der Waals surface area contributed by atoms with Gasteiger partial charge in [0.1, 0.15) is 11.5 Å². The van der Waals surface area contributed by atoms with Gasteiger partial charge in [-0.25, -0.2) is 0 Å². The van der Waals surface area contributed by atoms with Gasteiger partial charge >= 0.3 is 0 Å². The second-order valence-electron chi connectivity index (χ2n) is 8.01. The average molecular weight is 531 g/mol. The third kappa shape index (κ3) is 6.44. The first-order chi connectivity index (χ1) is 18.5. The number of rotatable bonds is 10. The first-order valence-corrected chi connectivity index (χ1v) is 12.5. The van der Waals surface area contributed by atoms with Crippen molar-refractivity contribution in [1.82, 2.24) is 0 Å². The highest BCUT2D eigenvalue weighted by Crippen LogP contribution is 2.36. The van der Waals surface area contributed by atoms with Gasteiger partial charge in [-0.2, -0.15) is 0 Å². The Bertz CT molecular complexity index is 1440. The van der Waals surface area contributed by atoms with Crippen LogP contribution in [0.25, 0.3) is 0 Å². The molecule has 4 aromatic carbocycles. The van der Waals surface area contributed by atoms with Crippen LogP contribution in [0.3, 0.4) is 0 Å². The van der Waals surface area contributed by atoms with Gasteiger partial charge in [-0.05, 0) is 68.4 Å². The molecular weight excluding hydrogens is 504 g/mol. The van der Waals surface area contributed by atoms with Gasteiger partial charge in [-0.3, -0.25) is 9.59 Å². The predicted molar refractivity (Wildman–Crippen MR) is 149 cm³/mol. The fraction of sp³-hybridized carbons (Fsp3) is 0.133. The molecule has 0 fully saturated rings. The van der Waals surface area contributed by atoms with Crippen LogP contribution < -0.4 is 24.8 Å². The van der Waals surface area contributed by atoms with Crippen LogP contribution in [-0.2, 0) is 0 Å². The third-order valence-electron chi connectivity index (χ3n) is 5.41. The fourth-order valence-electron chi connectivity index (χ4n) is 3.72. The SMILES string of the molecule is CCOc1ccccc1C(=O)Nc1ccccc1Oc1ccc(Cl)cc1NC(=O)c1ccccc1OCC. The van der Waals surface area contributed by atoms with E-state index in [0.29, 0.717) is 63.7 Å². The van der Waals surface area contributed by atoms with E-state index in [0.717, 1.165) is 0 Å². The zero-order valence-corrected chi connectivity index (χ0v) is 21.7.